The number of hydrogen-bond donors (Lipinski definition) is 0. The number of benzene rings is 4. The van der Waals surface area contributed by atoms with E-state index in [0.29, 0.717) is 0 Å². The van der Waals surface area contributed by atoms with Gasteiger partial charge >= 0.3 is 0 Å². The van der Waals surface area contributed by atoms with Gasteiger partial charge in [-0.05, 0) is 122 Å². The third-order valence-electron chi connectivity index (χ3n) is 8.41. The van der Waals surface area contributed by atoms with E-state index >= 15 is 0 Å². The zero-order valence-electron chi connectivity index (χ0n) is 25.9. The molecule has 2 heteroatoms. The van der Waals surface area contributed by atoms with Crippen LogP contribution in [0.25, 0.3) is 11.1 Å². The third-order valence-corrected chi connectivity index (χ3v) is 8.41. The number of fused-ring (bicyclic) bond motifs is 4. The summed E-state index contributed by atoms with van der Waals surface area (Å²) in [5.41, 5.74) is 14.4. The SMILES string of the molecule is CN(C)CCC=C1c2ccccc2CCc2ccccc21.CN(C)CCC=C1c2ccccc2CCc2ccccc21. The van der Waals surface area contributed by atoms with Crippen molar-refractivity contribution in [3.05, 3.63) is 154 Å². The van der Waals surface area contributed by atoms with Crippen LogP contribution in [0.2, 0.25) is 0 Å². The maximum absolute atomic E-state index is 2.42. The van der Waals surface area contributed by atoms with Gasteiger partial charge in [-0.25, -0.2) is 0 Å². The minimum atomic E-state index is 1.09. The lowest BCUT2D eigenvalue weighted by Crippen LogP contribution is -2.12. The molecular weight excluding hydrogens is 508 g/mol. The fraction of sp³-hybridized carbons (Fsp3) is 0.300. The molecule has 42 heavy (non-hydrogen) atoms. The summed E-state index contributed by atoms with van der Waals surface area (Å²) in [5.74, 6) is 0. The molecule has 0 radical (unpaired) electrons. The zero-order chi connectivity index (χ0) is 29.3. The van der Waals surface area contributed by atoms with E-state index in [9.17, 15) is 0 Å². The van der Waals surface area contributed by atoms with E-state index in [0.717, 1.165) is 51.6 Å². The van der Waals surface area contributed by atoms with Crippen LogP contribution >= 0.6 is 0 Å². The predicted octanol–water partition coefficient (Wildman–Crippen LogP) is 8.34. The maximum atomic E-state index is 2.42. The maximum Gasteiger partial charge on any atom is 0.00101 e. The van der Waals surface area contributed by atoms with Gasteiger partial charge in [-0.2, -0.15) is 0 Å². The Hall–Kier alpha value is -3.72. The predicted molar refractivity (Wildman–Crippen MR) is 181 cm³/mol. The minimum Gasteiger partial charge on any atom is -0.309 e. The highest BCUT2D eigenvalue weighted by molar-refractivity contribution is 5.84. The van der Waals surface area contributed by atoms with Crippen molar-refractivity contribution in [2.75, 3.05) is 41.3 Å². The fourth-order valence-electron chi connectivity index (χ4n) is 6.21. The third kappa shape index (κ3) is 7.37. The molecular formula is C40H46N2. The summed E-state index contributed by atoms with van der Waals surface area (Å²) in [5, 5.41) is 0. The van der Waals surface area contributed by atoms with Crippen molar-refractivity contribution in [3.8, 4) is 0 Å². The van der Waals surface area contributed by atoms with E-state index in [4.69, 9.17) is 0 Å². The monoisotopic (exact) mass is 554 g/mol. The van der Waals surface area contributed by atoms with Crippen molar-refractivity contribution in [1.82, 2.24) is 9.80 Å². The molecule has 2 aliphatic carbocycles. The molecule has 0 bridgehead atoms. The summed E-state index contributed by atoms with van der Waals surface area (Å²) in [7, 11) is 8.53. The minimum absolute atomic E-state index is 1.09. The van der Waals surface area contributed by atoms with Crippen LogP contribution in [0.3, 0.4) is 0 Å². The molecule has 0 saturated carbocycles. The van der Waals surface area contributed by atoms with Crippen LogP contribution in [-0.2, 0) is 25.7 Å². The Morgan fingerprint density at radius 2 is 0.690 bits per heavy atom. The second-order valence-corrected chi connectivity index (χ2v) is 12.0. The van der Waals surface area contributed by atoms with E-state index in [-0.39, 0.29) is 0 Å². The Bertz CT molecular complexity index is 1320. The second-order valence-electron chi connectivity index (χ2n) is 12.0. The number of hydrogen-bond acceptors (Lipinski definition) is 2. The molecule has 6 rings (SSSR count). The Kier molecular flexibility index (Phi) is 10.2. The lowest BCUT2D eigenvalue weighted by atomic mass is 9.93. The van der Waals surface area contributed by atoms with Crippen LogP contribution in [0.15, 0.2) is 109 Å². The fourth-order valence-corrected chi connectivity index (χ4v) is 6.21. The van der Waals surface area contributed by atoms with Gasteiger partial charge in [-0.15, -0.1) is 0 Å². The van der Waals surface area contributed by atoms with Crippen molar-refractivity contribution < 1.29 is 0 Å². The van der Waals surface area contributed by atoms with Crippen LogP contribution < -0.4 is 0 Å². The summed E-state index contributed by atoms with van der Waals surface area (Å²) in [6, 6.07) is 35.5. The molecule has 2 nitrogen and oxygen atoms in total. The van der Waals surface area contributed by atoms with Gasteiger partial charge in [0.1, 0.15) is 0 Å². The summed E-state index contributed by atoms with van der Waals surface area (Å²) in [6.45, 7) is 2.18. The number of nitrogens with zero attached hydrogens (tertiary/aromatic N) is 2. The highest BCUT2D eigenvalue weighted by Gasteiger charge is 2.18. The molecule has 0 aromatic heterocycles. The molecule has 4 aromatic rings. The standard InChI is InChI=1S/2C20H23N/c2*1-21(2)15-7-12-20-18-10-5-3-8-16(18)13-14-17-9-4-6-11-19(17)20/h2*3-6,8-12H,7,13-15H2,1-2H3. The topological polar surface area (TPSA) is 6.48 Å². The highest BCUT2D eigenvalue weighted by Crippen LogP contribution is 2.35. The van der Waals surface area contributed by atoms with Crippen molar-refractivity contribution in [2.45, 2.75) is 38.5 Å². The van der Waals surface area contributed by atoms with Gasteiger partial charge in [0.15, 0.2) is 0 Å². The van der Waals surface area contributed by atoms with Crippen LogP contribution in [0.1, 0.15) is 57.3 Å². The molecule has 0 N–H and O–H groups in total. The van der Waals surface area contributed by atoms with Gasteiger partial charge in [0, 0.05) is 13.1 Å². The van der Waals surface area contributed by atoms with Crippen LogP contribution in [0, 0.1) is 0 Å². The lowest BCUT2D eigenvalue weighted by molar-refractivity contribution is 0.417. The molecule has 2 aliphatic rings. The summed E-state index contributed by atoms with van der Waals surface area (Å²) < 4.78 is 0. The Morgan fingerprint density at radius 1 is 0.429 bits per heavy atom. The first-order chi connectivity index (χ1) is 20.5. The van der Waals surface area contributed by atoms with Crippen LogP contribution in [0.5, 0.6) is 0 Å². The van der Waals surface area contributed by atoms with Gasteiger partial charge < -0.3 is 9.80 Å². The lowest BCUT2D eigenvalue weighted by Gasteiger charge is -2.13. The van der Waals surface area contributed by atoms with E-state index in [2.05, 4.69) is 147 Å². The van der Waals surface area contributed by atoms with E-state index in [1.807, 2.05) is 0 Å². The summed E-state index contributed by atoms with van der Waals surface area (Å²) >= 11 is 0. The van der Waals surface area contributed by atoms with E-state index in [1.165, 1.54) is 55.7 Å². The van der Waals surface area contributed by atoms with E-state index in [1.54, 1.807) is 0 Å². The van der Waals surface area contributed by atoms with Crippen LogP contribution in [-0.4, -0.2) is 51.1 Å². The molecule has 0 aliphatic heterocycles. The molecule has 0 amide bonds. The highest BCUT2D eigenvalue weighted by atomic mass is 15.0. The average molecular weight is 555 g/mol. The van der Waals surface area contributed by atoms with Gasteiger partial charge in [0.2, 0.25) is 0 Å². The molecule has 0 unspecified atom stereocenters. The van der Waals surface area contributed by atoms with Gasteiger partial charge in [0.25, 0.3) is 0 Å². The molecule has 0 saturated heterocycles. The van der Waals surface area contributed by atoms with Crippen LogP contribution in [0.4, 0.5) is 0 Å². The molecule has 0 spiro atoms. The second kappa shape index (κ2) is 14.4. The first kappa shape index (κ1) is 29.8. The summed E-state index contributed by atoms with van der Waals surface area (Å²) in [4.78, 5) is 4.48. The normalized spacial score (nSPS) is 13.6. The van der Waals surface area contributed by atoms with Crippen molar-refractivity contribution >= 4 is 11.1 Å². The van der Waals surface area contributed by atoms with Gasteiger partial charge in [-0.3, -0.25) is 0 Å². The largest absolute Gasteiger partial charge is 0.309 e. The zero-order valence-corrected chi connectivity index (χ0v) is 25.9. The van der Waals surface area contributed by atoms with Gasteiger partial charge in [0.05, 0.1) is 0 Å². The number of rotatable bonds is 6. The molecule has 0 atom stereocenters. The molecule has 4 aromatic carbocycles. The first-order valence-corrected chi connectivity index (χ1v) is 15.5. The Morgan fingerprint density at radius 3 is 0.952 bits per heavy atom. The first-order valence-electron chi connectivity index (χ1n) is 15.5. The van der Waals surface area contributed by atoms with Crippen molar-refractivity contribution in [1.29, 1.82) is 0 Å². The van der Waals surface area contributed by atoms with Crippen molar-refractivity contribution in [2.24, 2.45) is 0 Å². The Balaban J connectivity index is 0.000000168. The van der Waals surface area contributed by atoms with E-state index < -0.39 is 0 Å². The molecule has 0 heterocycles. The molecule has 0 fully saturated rings. The quantitative estimate of drug-likeness (QED) is 0.236. The van der Waals surface area contributed by atoms with Gasteiger partial charge in [-0.1, -0.05) is 109 Å². The molecule has 216 valence electrons. The summed E-state index contributed by atoms with van der Waals surface area (Å²) in [6.07, 6.45) is 11.6. The smallest absolute Gasteiger partial charge is 0.00101 e. The Labute approximate surface area is 254 Å². The number of aryl methyl sites for hydroxylation is 4. The average Bonchev–Trinajstić information content (AvgIpc) is 3.26. The van der Waals surface area contributed by atoms with Crippen molar-refractivity contribution in [3.63, 3.8) is 0 Å².